The van der Waals surface area contributed by atoms with Gasteiger partial charge in [-0.15, -0.1) is 0 Å². The van der Waals surface area contributed by atoms with Crippen molar-refractivity contribution in [2.24, 2.45) is 0 Å². The molecular weight excluding hydrogens is 314 g/mol. The second-order valence-corrected chi connectivity index (χ2v) is 2.47. The predicted octanol–water partition coefficient (Wildman–Crippen LogP) is -7.70. The Morgan fingerprint density at radius 2 is 1.50 bits per heavy atom. The van der Waals surface area contributed by atoms with Crippen molar-refractivity contribution < 1.29 is 155 Å². The van der Waals surface area contributed by atoms with Gasteiger partial charge in [0.05, 0.1) is 0 Å². The van der Waals surface area contributed by atoms with Crippen molar-refractivity contribution in [2.75, 3.05) is 0 Å². The molecule has 0 fully saturated rings. The topological polar surface area (TPSA) is 72.4 Å². The Bertz CT molecular complexity index is 78.1. The SMILES string of the molecule is O=P([O-])([O-])[O][Ti].[Rb+].[Rb+]. The molecule has 0 N–H and O–H groups in total. The van der Waals surface area contributed by atoms with Crippen LogP contribution in [0.3, 0.4) is 0 Å². The van der Waals surface area contributed by atoms with Crippen LogP contribution >= 0.6 is 7.82 Å². The van der Waals surface area contributed by atoms with Gasteiger partial charge < -0.3 is 0 Å². The van der Waals surface area contributed by atoms with Crippen LogP contribution in [-0.4, -0.2) is 0 Å². The van der Waals surface area contributed by atoms with Crippen LogP contribution in [0.2, 0.25) is 0 Å². The van der Waals surface area contributed by atoms with E-state index < -0.39 is 7.82 Å². The summed E-state index contributed by atoms with van der Waals surface area (Å²) in [5.74, 6) is 0. The van der Waals surface area contributed by atoms with Crippen LogP contribution in [0.4, 0.5) is 0 Å². The van der Waals surface area contributed by atoms with Gasteiger partial charge >= 0.3 is 162 Å². The van der Waals surface area contributed by atoms with E-state index in [4.69, 9.17) is 0 Å². The molecule has 0 amide bonds. The van der Waals surface area contributed by atoms with Gasteiger partial charge in [0, 0.05) is 0 Å². The molecule has 35 valence electrons. The molecule has 0 heterocycles. The maximum atomic E-state index is 9.25. The van der Waals surface area contributed by atoms with Crippen molar-refractivity contribution in [3.63, 3.8) is 0 Å². The summed E-state index contributed by atoms with van der Waals surface area (Å²) in [5.41, 5.74) is 0. The smallest absolute Gasteiger partial charge is 1.00 e. The Labute approximate surface area is 157 Å². The molecule has 0 saturated heterocycles. The number of phosphoric acid groups is 1. The Kier molecular flexibility index (Phi) is 21.7. The van der Waals surface area contributed by atoms with Crippen molar-refractivity contribution in [3.05, 3.63) is 0 Å². The molecule has 8 heavy (non-hydrogen) atoms. The molecule has 0 radical (unpaired) electrons. The summed E-state index contributed by atoms with van der Waals surface area (Å²) >= 11 is 0.820. The third kappa shape index (κ3) is 16.8. The summed E-state index contributed by atoms with van der Waals surface area (Å²) in [6.45, 7) is 0. The Hall–Kier alpha value is 4.43. The van der Waals surface area contributed by atoms with Gasteiger partial charge in [0.15, 0.2) is 0 Å². The standard InChI is InChI=1S/H3O4P.2Rb.Ti/c1-5(2,3)4;;;/h(H3,1,2,3,4);;;/q;3*+1/p-3. The van der Waals surface area contributed by atoms with Crippen LogP contribution < -0.4 is 126 Å². The van der Waals surface area contributed by atoms with Gasteiger partial charge in [0.25, 0.3) is 0 Å². The third-order valence-electron chi connectivity index (χ3n) is 0.112. The van der Waals surface area contributed by atoms with E-state index >= 15 is 0 Å². The molecular formula is O4PRb2Ti. The normalized spacial score (nSPS) is 8.62. The molecule has 0 bridgehead atoms. The van der Waals surface area contributed by atoms with E-state index in [1.807, 2.05) is 0 Å². The zero-order valence-electron chi connectivity index (χ0n) is 4.58. The zero-order valence-corrected chi connectivity index (χ0v) is 16.9. The minimum atomic E-state index is -4.65. The van der Waals surface area contributed by atoms with E-state index in [-0.39, 0.29) is 116 Å². The van der Waals surface area contributed by atoms with E-state index in [1.165, 1.54) is 0 Å². The van der Waals surface area contributed by atoms with Crippen molar-refractivity contribution in [1.82, 2.24) is 0 Å². The summed E-state index contributed by atoms with van der Waals surface area (Å²) in [6.07, 6.45) is 0. The average molecular weight is 314 g/mol. The van der Waals surface area contributed by atoms with Crippen LogP contribution in [0.1, 0.15) is 0 Å². The van der Waals surface area contributed by atoms with E-state index in [1.54, 1.807) is 0 Å². The fourth-order valence-electron chi connectivity index (χ4n) is 0. The fraction of sp³-hybridized carbons (Fsp3) is 0. The quantitative estimate of drug-likeness (QED) is 0.356. The predicted molar refractivity (Wildman–Crippen MR) is 8.69 cm³/mol. The van der Waals surface area contributed by atoms with E-state index in [2.05, 4.69) is 3.11 Å². The molecule has 0 atom stereocenters. The molecule has 0 saturated carbocycles. The summed E-state index contributed by atoms with van der Waals surface area (Å²) in [4.78, 5) is 18.5. The minimum absolute atomic E-state index is 0. The zero-order chi connectivity index (χ0) is 5.21. The van der Waals surface area contributed by atoms with Crippen LogP contribution in [0, 0.1) is 0 Å². The maximum Gasteiger partial charge on any atom is 1.00 e. The van der Waals surface area contributed by atoms with Gasteiger partial charge in [-0.3, -0.25) is 0 Å². The summed E-state index contributed by atoms with van der Waals surface area (Å²) in [6, 6.07) is 0. The van der Waals surface area contributed by atoms with Crippen LogP contribution in [0.15, 0.2) is 0 Å². The number of hydrogen-bond donors (Lipinski definition) is 0. The largest absolute Gasteiger partial charge is 1.00 e. The Morgan fingerprint density at radius 3 is 1.50 bits per heavy atom. The number of rotatable bonds is 1. The van der Waals surface area contributed by atoms with Gasteiger partial charge in [-0.05, 0) is 0 Å². The van der Waals surface area contributed by atoms with Gasteiger partial charge in [-0.2, -0.15) is 0 Å². The number of hydrogen-bond acceptors (Lipinski definition) is 4. The first kappa shape index (κ1) is 18.3. The Morgan fingerprint density at radius 1 is 1.38 bits per heavy atom. The molecule has 0 aromatic rings. The monoisotopic (exact) mass is 313 g/mol. The van der Waals surface area contributed by atoms with Crippen molar-refractivity contribution in [3.8, 4) is 0 Å². The molecule has 0 aliphatic heterocycles. The average Bonchev–Trinajstić information content (AvgIpc) is 1.35. The van der Waals surface area contributed by atoms with Gasteiger partial charge in [0.2, 0.25) is 0 Å². The fourth-order valence-corrected chi connectivity index (χ4v) is 0. The molecule has 0 aromatic heterocycles. The molecule has 0 aliphatic carbocycles. The molecule has 0 aromatic carbocycles. The summed E-state index contributed by atoms with van der Waals surface area (Å²) in [7, 11) is -4.65. The first-order valence-electron chi connectivity index (χ1n) is 0.934. The van der Waals surface area contributed by atoms with Crippen molar-refractivity contribution >= 4 is 7.82 Å². The van der Waals surface area contributed by atoms with E-state index in [0.29, 0.717) is 0 Å². The van der Waals surface area contributed by atoms with Crippen molar-refractivity contribution in [2.45, 2.75) is 0 Å². The molecule has 4 nitrogen and oxygen atoms in total. The summed E-state index contributed by atoms with van der Waals surface area (Å²) in [5, 5.41) is 0. The Balaban J connectivity index is -0.000000125. The molecule has 0 aliphatic rings. The first-order chi connectivity index (χ1) is 2.56. The van der Waals surface area contributed by atoms with E-state index in [0.717, 1.165) is 20.8 Å². The third-order valence-corrected chi connectivity index (χ3v) is 1.38. The molecule has 0 rings (SSSR count). The van der Waals surface area contributed by atoms with E-state index in [9.17, 15) is 14.4 Å². The minimum Gasteiger partial charge on any atom is 1.00 e. The van der Waals surface area contributed by atoms with Crippen LogP contribution in [0.25, 0.3) is 0 Å². The van der Waals surface area contributed by atoms with Crippen LogP contribution in [-0.2, 0) is 28.5 Å². The maximum absolute atomic E-state index is 9.25. The second-order valence-electron chi connectivity index (χ2n) is 0.539. The second kappa shape index (κ2) is 9.52. The van der Waals surface area contributed by atoms with Crippen molar-refractivity contribution in [1.29, 1.82) is 0 Å². The molecule has 0 unspecified atom stereocenters. The summed E-state index contributed by atoms with van der Waals surface area (Å²) < 4.78 is 12.6. The first-order valence-corrected chi connectivity index (χ1v) is 3.03. The van der Waals surface area contributed by atoms with Gasteiger partial charge in [-0.25, -0.2) is 0 Å². The molecule has 0 spiro atoms. The van der Waals surface area contributed by atoms with Crippen LogP contribution in [0.5, 0.6) is 0 Å². The van der Waals surface area contributed by atoms with Gasteiger partial charge in [0.1, 0.15) is 0 Å². The van der Waals surface area contributed by atoms with Gasteiger partial charge in [-0.1, -0.05) is 0 Å². The molecule has 8 heteroatoms.